The van der Waals surface area contributed by atoms with Crippen LogP contribution in [0.25, 0.3) is 0 Å². The highest BCUT2D eigenvalue weighted by Gasteiger charge is 2.13. The zero-order valence-electron chi connectivity index (χ0n) is 14.5. The molecule has 132 valence electrons. The van der Waals surface area contributed by atoms with E-state index in [1.807, 2.05) is 32.0 Å². The Labute approximate surface area is 152 Å². The molecule has 1 amide bonds. The average Bonchev–Trinajstić information content (AvgIpc) is 2.60. The number of hydrogen-bond donors (Lipinski definition) is 1. The molecule has 3 rings (SSSR count). The molecule has 1 saturated heterocycles. The van der Waals surface area contributed by atoms with Crippen LogP contribution in [0.3, 0.4) is 0 Å². The molecule has 0 atom stereocenters. The van der Waals surface area contributed by atoms with Crippen molar-refractivity contribution in [2.75, 3.05) is 42.3 Å². The normalized spacial score (nSPS) is 14.4. The highest BCUT2D eigenvalue weighted by atomic mass is 32.2. The lowest BCUT2D eigenvalue weighted by Gasteiger charge is -2.27. The predicted octanol–water partition coefficient (Wildman–Crippen LogP) is 2.66. The van der Waals surface area contributed by atoms with Gasteiger partial charge in [0.05, 0.1) is 19.0 Å². The van der Waals surface area contributed by atoms with Crippen molar-refractivity contribution in [3.05, 3.63) is 41.7 Å². The van der Waals surface area contributed by atoms with Crippen molar-refractivity contribution in [3.8, 4) is 0 Å². The van der Waals surface area contributed by atoms with Crippen LogP contribution in [0.2, 0.25) is 0 Å². The van der Waals surface area contributed by atoms with Gasteiger partial charge < -0.3 is 15.0 Å². The minimum atomic E-state index is -0.0402. The molecule has 25 heavy (non-hydrogen) atoms. The standard InChI is InChI=1S/C18H22N4O2S/c1-13-7-14(2)9-15(8-13)21-17(23)11-25-18-10-16(19-12-20-18)22-3-5-24-6-4-22/h7-10,12H,3-6,11H2,1-2H3,(H,21,23). The van der Waals surface area contributed by atoms with E-state index in [4.69, 9.17) is 4.74 Å². The summed E-state index contributed by atoms with van der Waals surface area (Å²) in [5, 5.41) is 3.74. The predicted molar refractivity (Wildman–Crippen MR) is 100 cm³/mol. The molecule has 1 fully saturated rings. The molecular formula is C18H22N4O2S. The van der Waals surface area contributed by atoms with Crippen molar-refractivity contribution in [3.63, 3.8) is 0 Å². The molecule has 1 aliphatic rings. The summed E-state index contributed by atoms with van der Waals surface area (Å²) >= 11 is 1.41. The average molecular weight is 358 g/mol. The van der Waals surface area contributed by atoms with Gasteiger partial charge in [-0.05, 0) is 37.1 Å². The fourth-order valence-corrected chi connectivity index (χ4v) is 3.42. The smallest absolute Gasteiger partial charge is 0.234 e. The number of aryl methyl sites for hydroxylation is 2. The molecule has 2 heterocycles. The topological polar surface area (TPSA) is 67.4 Å². The number of carbonyl (C=O) groups excluding carboxylic acids is 1. The van der Waals surface area contributed by atoms with E-state index >= 15 is 0 Å². The van der Waals surface area contributed by atoms with Crippen molar-refractivity contribution in [2.45, 2.75) is 18.9 Å². The second-order valence-corrected chi connectivity index (χ2v) is 7.02. The molecule has 0 radical (unpaired) electrons. The van der Waals surface area contributed by atoms with Crippen molar-refractivity contribution in [1.29, 1.82) is 0 Å². The van der Waals surface area contributed by atoms with E-state index in [0.717, 1.165) is 40.7 Å². The summed E-state index contributed by atoms with van der Waals surface area (Å²) in [5.74, 6) is 1.16. The molecule has 1 aromatic carbocycles. The van der Waals surface area contributed by atoms with Gasteiger partial charge in [-0.25, -0.2) is 9.97 Å². The van der Waals surface area contributed by atoms with Crippen molar-refractivity contribution < 1.29 is 9.53 Å². The third-order valence-corrected chi connectivity index (χ3v) is 4.74. The number of thioether (sulfide) groups is 1. The minimum Gasteiger partial charge on any atom is -0.378 e. The molecule has 1 aromatic heterocycles. The van der Waals surface area contributed by atoms with Gasteiger partial charge in [-0.15, -0.1) is 0 Å². The molecular weight excluding hydrogens is 336 g/mol. The second-order valence-electron chi connectivity index (χ2n) is 6.03. The Hall–Kier alpha value is -2.12. The van der Waals surface area contributed by atoms with Crippen LogP contribution in [0.4, 0.5) is 11.5 Å². The van der Waals surface area contributed by atoms with E-state index in [1.54, 1.807) is 6.33 Å². The van der Waals surface area contributed by atoms with Gasteiger partial charge in [0.2, 0.25) is 5.91 Å². The first-order valence-electron chi connectivity index (χ1n) is 8.26. The Morgan fingerprint density at radius 2 is 1.88 bits per heavy atom. The van der Waals surface area contributed by atoms with Crippen molar-refractivity contribution in [2.24, 2.45) is 0 Å². The second kappa shape index (κ2) is 8.31. The third kappa shape index (κ3) is 5.17. The number of nitrogens with one attached hydrogen (secondary N) is 1. The summed E-state index contributed by atoms with van der Waals surface area (Å²) in [6.45, 7) is 7.12. The summed E-state index contributed by atoms with van der Waals surface area (Å²) in [5.41, 5.74) is 3.10. The quantitative estimate of drug-likeness (QED) is 0.655. The number of nitrogens with zero attached hydrogens (tertiary/aromatic N) is 3. The maximum absolute atomic E-state index is 12.2. The van der Waals surface area contributed by atoms with Gasteiger partial charge in [-0.1, -0.05) is 17.8 Å². The van der Waals surface area contributed by atoms with Crippen LogP contribution >= 0.6 is 11.8 Å². The van der Waals surface area contributed by atoms with E-state index in [1.165, 1.54) is 11.8 Å². The molecule has 1 aliphatic heterocycles. The molecule has 1 N–H and O–H groups in total. The first kappa shape index (κ1) is 17.7. The van der Waals surface area contributed by atoms with Gasteiger partial charge in [0, 0.05) is 24.8 Å². The van der Waals surface area contributed by atoms with Crippen LogP contribution in [0.1, 0.15) is 11.1 Å². The number of amides is 1. The molecule has 0 saturated carbocycles. The SMILES string of the molecule is Cc1cc(C)cc(NC(=O)CSc2cc(N3CCOCC3)ncn2)c1. The summed E-state index contributed by atoms with van der Waals surface area (Å²) in [7, 11) is 0. The van der Waals surface area contributed by atoms with Crippen LogP contribution in [-0.2, 0) is 9.53 Å². The first-order chi connectivity index (χ1) is 12.1. The monoisotopic (exact) mass is 358 g/mol. The highest BCUT2D eigenvalue weighted by molar-refractivity contribution is 7.99. The maximum Gasteiger partial charge on any atom is 0.234 e. The van der Waals surface area contributed by atoms with Gasteiger partial charge in [0.15, 0.2) is 0 Å². The Balaban J connectivity index is 1.56. The number of anilines is 2. The molecule has 2 aromatic rings. The van der Waals surface area contributed by atoms with Crippen LogP contribution < -0.4 is 10.2 Å². The Morgan fingerprint density at radius 3 is 2.60 bits per heavy atom. The highest BCUT2D eigenvalue weighted by Crippen LogP contribution is 2.21. The Morgan fingerprint density at radius 1 is 1.16 bits per heavy atom. The lowest BCUT2D eigenvalue weighted by molar-refractivity contribution is -0.113. The van der Waals surface area contributed by atoms with Gasteiger partial charge >= 0.3 is 0 Å². The Kier molecular flexibility index (Phi) is 5.88. The van der Waals surface area contributed by atoms with Gasteiger partial charge in [-0.2, -0.15) is 0 Å². The number of hydrogen-bond acceptors (Lipinski definition) is 6. The number of rotatable bonds is 5. The largest absolute Gasteiger partial charge is 0.378 e. The lowest BCUT2D eigenvalue weighted by atomic mass is 10.1. The van der Waals surface area contributed by atoms with Gasteiger partial charge in [0.1, 0.15) is 17.2 Å². The number of morpholine rings is 1. The summed E-state index contributed by atoms with van der Waals surface area (Å²) in [6, 6.07) is 7.95. The fourth-order valence-electron chi connectivity index (χ4n) is 2.76. The minimum absolute atomic E-state index is 0.0402. The zero-order valence-corrected chi connectivity index (χ0v) is 15.3. The van der Waals surface area contributed by atoms with Crippen molar-refractivity contribution >= 4 is 29.2 Å². The van der Waals surface area contributed by atoms with E-state index in [2.05, 4.69) is 26.3 Å². The lowest BCUT2D eigenvalue weighted by Crippen LogP contribution is -2.36. The van der Waals surface area contributed by atoms with E-state index in [-0.39, 0.29) is 5.91 Å². The van der Waals surface area contributed by atoms with E-state index in [0.29, 0.717) is 19.0 Å². The molecule has 6 nitrogen and oxygen atoms in total. The number of aromatic nitrogens is 2. The Bertz CT molecular complexity index is 727. The number of ether oxygens (including phenoxy) is 1. The molecule has 0 aliphatic carbocycles. The van der Waals surface area contributed by atoms with Crippen LogP contribution in [0.15, 0.2) is 35.6 Å². The molecule has 7 heteroatoms. The molecule has 0 bridgehead atoms. The number of carbonyl (C=O) groups is 1. The first-order valence-corrected chi connectivity index (χ1v) is 9.24. The fraction of sp³-hybridized carbons (Fsp3) is 0.389. The molecule has 0 unspecified atom stereocenters. The van der Waals surface area contributed by atoms with Gasteiger partial charge in [0.25, 0.3) is 0 Å². The number of benzene rings is 1. The van der Waals surface area contributed by atoms with E-state index < -0.39 is 0 Å². The van der Waals surface area contributed by atoms with Crippen LogP contribution in [-0.4, -0.2) is 47.9 Å². The molecule has 0 spiro atoms. The van der Waals surface area contributed by atoms with Crippen LogP contribution in [0.5, 0.6) is 0 Å². The maximum atomic E-state index is 12.2. The van der Waals surface area contributed by atoms with Crippen molar-refractivity contribution in [1.82, 2.24) is 9.97 Å². The third-order valence-electron chi connectivity index (χ3n) is 3.82. The summed E-state index contributed by atoms with van der Waals surface area (Å²) in [4.78, 5) is 22.9. The van der Waals surface area contributed by atoms with Crippen LogP contribution in [0, 0.1) is 13.8 Å². The summed E-state index contributed by atoms with van der Waals surface area (Å²) < 4.78 is 5.36. The van der Waals surface area contributed by atoms with E-state index in [9.17, 15) is 4.79 Å². The van der Waals surface area contributed by atoms with Gasteiger partial charge in [-0.3, -0.25) is 4.79 Å². The summed E-state index contributed by atoms with van der Waals surface area (Å²) in [6.07, 6.45) is 1.55. The zero-order chi connectivity index (χ0) is 17.6.